The van der Waals surface area contributed by atoms with E-state index in [4.69, 9.17) is 4.74 Å². The summed E-state index contributed by atoms with van der Waals surface area (Å²) in [5.74, 6) is -0.331. The molecular weight excluding hydrogens is 272 g/mol. The molecule has 0 aromatic rings. The molecule has 110 valence electrons. The molecule has 0 aromatic carbocycles. The van der Waals surface area contributed by atoms with E-state index in [-0.39, 0.29) is 25.3 Å². The lowest BCUT2D eigenvalue weighted by molar-refractivity contribution is -0.123. The van der Waals surface area contributed by atoms with Crippen molar-refractivity contribution in [3.05, 3.63) is 0 Å². The van der Waals surface area contributed by atoms with Gasteiger partial charge in [-0.15, -0.1) is 0 Å². The van der Waals surface area contributed by atoms with Gasteiger partial charge in [0.25, 0.3) is 0 Å². The van der Waals surface area contributed by atoms with E-state index in [2.05, 4.69) is 5.32 Å². The summed E-state index contributed by atoms with van der Waals surface area (Å²) in [5, 5.41) is 2.46. The molecule has 1 fully saturated rings. The first-order valence-corrected chi connectivity index (χ1v) is 7.81. The van der Waals surface area contributed by atoms with Crippen molar-refractivity contribution in [3.63, 3.8) is 0 Å². The van der Waals surface area contributed by atoms with E-state index in [1.807, 2.05) is 0 Å². The molecule has 1 heterocycles. The van der Waals surface area contributed by atoms with Crippen molar-refractivity contribution < 1.29 is 22.7 Å². The summed E-state index contributed by atoms with van der Waals surface area (Å²) in [5.41, 5.74) is -0.638. The van der Waals surface area contributed by atoms with Gasteiger partial charge < -0.3 is 10.1 Å². The van der Waals surface area contributed by atoms with Crippen molar-refractivity contribution in [3.8, 4) is 0 Å². The number of alkyl carbamates (subject to hydrolysis) is 1. The molecule has 0 radical (unpaired) electrons. The first kappa shape index (κ1) is 15.9. The van der Waals surface area contributed by atoms with Gasteiger partial charge in [-0.2, -0.15) is 4.31 Å². The maximum atomic E-state index is 11.8. The number of carbonyl (C=O) groups excluding carboxylic acids is 2. The summed E-state index contributed by atoms with van der Waals surface area (Å²) in [6.45, 7) is 5.17. The zero-order chi connectivity index (χ0) is 14.8. The second kappa shape index (κ2) is 5.46. The molecule has 7 nitrogen and oxygen atoms in total. The van der Waals surface area contributed by atoms with Crippen molar-refractivity contribution in [2.75, 3.05) is 19.3 Å². The zero-order valence-corrected chi connectivity index (χ0v) is 12.4. The minimum absolute atomic E-state index is 0.209. The molecule has 1 amide bonds. The number of nitrogens with zero attached hydrogens (tertiary/aromatic N) is 1. The maximum absolute atomic E-state index is 11.8. The highest BCUT2D eigenvalue weighted by Gasteiger charge is 2.33. The third-order valence-corrected chi connectivity index (χ3v) is 3.80. The molecular formula is C11H20N2O5S. The lowest BCUT2D eigenvalue weighted by Gasteiger charge is -2.30. The second-order valence-corrected chi connectivity index (χ2v) is 7.53. The Morgan fingerprint density at radius 1 is 1.42 bits per heavy atom. The lowest BCUT2D eigenvalue weighted by atomic mass is 10.1. The summed E-state index contributed by atoms with van der Waals surface area (Å²) in [6, 6.07) is -0.687. The third-order valence-electron chi connectivity index (χ3n) is 2.55. The summed E-state index contributed by atoms with van der Waals surface area (Å²) >= 11 is 0. The number of hydrogen-bond acceptors (Lipinski definition) is 5. The van der Waals surface area contributed by atoms with Crippen molar-refractivity contribution in [1.82, 2.24) is 9.62 Å². The predicted octanol–water partition coefficient (Wildman–Crippen LogP) is 0.114. The Kier molecular flexibility index (Phi) is 4.57. The Morgan fingerprint density at radius 3 is 2.42 bits per heavy atom. The summed E-state index contributed by atoms with van der Waals surface area (Å²) in [7, 11) is -3.37. The Labute approximate surface area is 113 Å². The average Bonchev–Trinajstić information content (AvgIpc) is 2.16. The van der Waals surface area contributed by atoms with Crippen molar-refractivity contribution in [2.45, 2.75) is 38.8 Å². The van der Waals surface area contributed by atoms with Gasteiger partial charge in [-0.25, -0.2) is 13.2 Å². The Morgan fingerprint density at radius 2 is 2.00 bits per heavy atom. The number of ketones is 1. The average molecular weight is 292 g/mol. The van der Waals surface area contributed by atoms with Crippen LogP contribution in [0, 0.1) is 0 Å². The number of ether oxygens (including phenoxy) is 1. The van der Waals surface area contributed by atoms with E-state index in [0.717, 1.165) is 10.6 Å². The number of carbonyl (C=O) groups is 2. The molecule has 1 atom stereocenters. The van der Waals surface area contributed by atoms with Crippen LogP contribution in [0.4, 0.5) is 4.79 Å². The standard InChI is InChI=1S/C11H20N2O5S/c1-11(2,3)18-10(15)12-8-5-6-13(7-9(8)14)19(4,16)17/h8H,5-7H2,1-4H3,(H,12,15)/t8-/m1/s1. The molecule has 0 bridgehead atoms. The van der Waals surface area contributed by atoms with E-state index in [0.29, 0.717) is 0 Å². The molecule has 0 saturated carbocycles. The third kappa shape index (κ3) is 5.15. The Balaban J connectivity index is 2.56. The van der Waals surface area contributed by atoms with E-state index in [9.17, 15) is 18.0 Å². The minimum atomic E-state index is -3.37. The van der Waals surface area contributed by atoms with Crippen LogP contribution in [-0.2, 0) is 19.6 Å². The SMILES string of the molecule is CC(C)(C)OC(=O)N[C@@H]1CCN(S(C)(=O)=O)CC1=O. The van der Waals surface area contributed by atoms with Crippen LogP contribution < -0.4 is 5.32 Å². The van der Waals surface area contributed by atoms with Crippen LogP contribution in [0.3, 0.4) is 0 Å². The predicted molar refractivity (Wildman–Crippen MR) is 69.2 cm³/mol. The Bertz CT molecular complexity index is 466. The number of nitrogens with one attached hydrogen (secondary N) is 1. The number of sulfonamides is 1. The molecule has 8 heteroatoms. The molecule has 1 saturated heterocycles. The number of amides is 1. The van der Waals surface area contributed by atoms with Gasteiger partial charge in [-0.3, -0.25) is 4.79 Å². The monoisotopic (exact) mass is 292 g/mol. The highest BCUT2D eigenvalue weighted by Crippen LogP contribution is 2.12. The van der Waals surface area contributed by atoms with Crippen LogP contribution >= 0.6 is 0 Å². The van der Waals surface area contributed by atoms with Gasteiger partial charge in [-0.1, -0.05) is 0 Å². The maximum Gasteiger partial charge on any atom is 0.408 e. The van der Waals surface area contributed by atoms with Gasteiger partial charge in [0.1, 0.15) is 5.60 Å². The molecule has 1 rings (SSSR count). The highest BCUT2D eigenvalue weighted by atomic mass is 32.2. The van der Waals surface area contributed by atoms with Gasteiger partial charge in [0, 0.05) is 6.54 Å². The van der Waals surface area contributed by atoms with E-state index >= 15 is 0 Å². The molecule has 1 aliphatic rings. The van der Waals surface area contributed by atoms with E-state index in [1.54, 1.807) is 20.8 Å². The van der Waals surface area contributed by atoms with Crippen LogP contribution in [0.2, 0.25) is 0 Å². The number of Topliss-reactive ketones (excluding diaryl/α,β-unsaturated/α-hetero) is 1. The molecule has 0 unspecified atom stereocenters. The van der Waals surface area contributed by atoms with Crippen LogP contribution in [-0.4, -0.2) is 55.6 Å². The fraction of sp³-hybridized carbons (Fsp3) is 0.818. The topological polar surface area (TPSA) is 92.8 Å². The van der Waals surface area contributed by atoms with Crippen LogP contribution in [0.5, 0.6) is 0 Å². The molecule has 1 N–H and O–H groups in total. The fourth-order valence-electron chi connectivity index (χ4n) is 1.68. The Hall–Kier alpha value is -1.15. The number of piperidine rings is 1. The van der Waals surface area contributed by atoms with Gasteiger partial charge in [0.05, 0.1) is 18.8 Å². The van der Waals surface area contributed by atoms with Gasteiger partial charge >= 0.3 is 6.09 Å². The minimum Gasteiger partial charge on any atom is -0.444 e. The molecule has 0 aliphatic carbocycles. The summed E-state index contributed by atoms with van der Waals surface area (Å²) in [6.07, 6.45) is 0.645. The molecule has 19 heavy (non-hydrogen) atoms. The van der Waals surface area contributed by atoms with E-state index in [1.165, 1.54) is 0 Å². The van der Waals surface area contributed by atoms with Crippen LogP contribution in [0.1, 0.15) is 27.2 Å². The summed E-state index contributed by atoms with van der Waals surface area (Å²) in [4.78, 5) is 23.3. The molecule has 0 aromatic heterocycles. The summed E-state index contributed by atoms with van der Waals surface area (Å²) < 4.78 is 28.8. The quantitative estimate of drug-likeness (QED) is 0.780. The molecule has 1 aliphatic heterocycles. The first-order chi connectivity index (χ1) is 8.49. The fourth-order valence-corrected chi connectivity index (χ4v) is 2.48. The normalized spacial score (nSPS) is 22.1. The largest absolute Gasteiger partial charge is 0.444 e. The van der Waals surface area contributed by atoms with Gasteiger partial charge in [0.2, 0.25) is 10.0 Å². The van der Waals surface area contributed by atoms with E-state index < -0.39 is 27.8 Å². The number of hydrogen-bond donors (Lipinski definition) is 1. The van der Waals surface area contributed by atoms with Crippen molar-refractivity contribution >= 4 is 21.9 Å². The van der Waals surface area contributed by atoms with Crippen LogP contribution in [0.25, 0.3) is 0 Å². The van der Waals surface area contributed by atoms with Gasteiger partial charge in [0.15, 0.2) is 5.78 Å². The smallest absolute Gasteiger partial charge is 0.408 e. The number of rotatable bonds is 2. The van der Waals surface area contributed by atoms with Gasteiger partial charge in [-0.05, 0) is 27.2 Å². The van der Waals surface area contributed by atoms with Crippen molar-refractivity contribution in [2.24, 2.45) is 0 Å². The highest BCUT2D eigenvalue weighted by molar-refractivity contribution is 7.88. The second-order valence-electron chi connectivity index (χ2n) is 5.55. The van der Waals surface area contributed by atoms with Crippen molar-refractivity contribution in [1.29, 1.82) is 0 Å². The lowest BCUT2D eigenvalue weighted by Crippen LogP contribution is -2.53. The van der Waals surface area contributed by atoms with Crippen LogP contribution in [0.15, 0.2) is 0 Å². The first-order valence-electron chi connectivity index (χ1n) is 5.96. The zero-order valence-electron chi connectivity index (χ0n) is 11.6. The molecule has 0 spiro atoms.